The second-order valence-electron chi connectivity index (χ2n) is 21.3. The van der Waals surface area contributed by atoms with Crippen LogP contribution >= 0.6 is 0 Å². The maximum Gasteiger partial charge on any atom is 0.303 e. The molecule has 2 saturated carbocycles. The van der Waals surface area contributed by atoms with Crippen LogP contribution in [-0.4, -0.2) is 69.8 Å². The molecule has 2 fully saturated rings. The van der Waals surface area contributed by atoms with Crippen LogP contribution in [-0.2, 0) is 53.9 Å². The summed E-state index contributed by atoms with van der Waals surface area (Å²) in [6.07, 6.45) is 5.01. The summed E-state index contributed by atoms with van der Waals surface area (Å²) in [6.45, 7) is 15.0. The first kappa shape index (κ1) is 53.8. The zero-order valence-corrected chi connectivity index (χ0v) is 41.5. The molecule has 15 nitrogen and oxygen atoms in total. The minimum atomic E-state index is -0.782. The topological polar surface area (TPSA) is 192 Å². The van der Waals surface area contributed by atoms with Crippen molar-refractivity contribution in [3.05, 3.63) is 107 Å². The van der Waals surface area contributed by atoms with E-state index >= 15 is 0 Å². The number of ether oxygens (including phenoxy) is 4. The molecule has 4 aliphatic rings. The standard InChI is InChI=1S/C29H35N3O5.C27H30N2O5.2CH4/c1-28(2,3)25-16-19-15-21(7-8-22(19)32(25)13-4-5-26(34)30-12-14-33)31-27(35)29(10-11-29)20-6-9-23-24(17-20)37-18-36-23;1-26(2,3)23-14-17-13-19(7-8-20(17)29(23)12-4-5-24(30)31)28-25(32)27(10-11-27)18-6-9-21-22(15-18)34-16-33-21;;/h6-9,15-17,33H,4-5,10-14,18H2,1-3H3,(H,30,34)(H,31,35);6-9,13-15H,4-5,10-12,16H2,1-3H3,(H,28,32)(H,30,31);2*1H4. The van der Waals surface area contributed by atoms with Crippen molar-refractivity contribution in [2.45, 2.75) is 143 Å². The number of amides is 3. The van der Waals surface area contributed by atoms with Crippen molar-refractivity contribution in [2.24, 2.45) is 0 Å². The molecule has 5 N–H and O–H groups in total. The lowest BCUT2D eigenvalue weighted by molar-refractivity contribution is -0.137. The Morgan fingerprint density at radius 2 is 1.00 bits per heavy atom. The molecule has 2 aliphatic heterocycles. The van der Waals surface area contributed by atoms with Crippen molar-refractivity contribution in [1.82, 2.24) is 14.5 Å². The number of fused-ring (bicyclic) bond motifs is 4. The number of carbonyl (C=O) groups excluding carboxylic acids is 3. The Morgan fingerprint density at radius 1 is 0.575 bits per heavy atom. The molecule has 15 heteroatoms. The molecule has 73 heavy (non-hydrogen) atoms. The summed E-state index contributed by atoms with van der Waals surface area (Å²) in [4.78, 5) is 49.7. The van der Waals surface area contributed by atoms with Gasteiger partial charge in [0, 0.05) is 87.9 Å². The number of aryl methyl sites for hydroxylation is 2. The highest BCUT2D eigenvalue weighted by Crippen LogP contribution is 2.52. The molecule has 0 saturated heterocycles. The number of anilines is 2. The van der Waals surface area contributed by atoms with Crippen molar-refractivity contribution in [2.75, 3.05) is 37.4 Å². The van der Waals surface area contributed by atoms with Crippen LogP contribution in [0.2, 0.25) is 0 Å². The van der Waals surface area contributed by atoms with Gasteiger partial charge in [-0.1, -0.05) is 68.5 Å². The molecule has 3 amide bonds. The monoisotopic (exact) mass is 1000 g/mol. The number of aliphatic hydroxyl groups is 1. The number of nitrogens with one attached hydrogen (secondary N) is 3. The summed E-state index contributed by atoms with van der Waals surface area (Å²) in [5.74, 6) is 1.97. The second kappa shape index (κ2) is 21.2. The summed E-state index contributed by atoms with van der Waals surface area (Å²) >= 11 is 0. The number of carbonyl (C=O) groups is 4. The third kappa shape index (κ3) is 11.3. The van der Waals surface area contributed by atoms with Gasteiger partial charge < -0.3 is 54.2 Å². The second-order valence-corrected chi connectivity index (χ2v) is 21.3. The summed E-state index contributed by atoms with van der Waals surface area (Å²) in [7, 11) is 0. The Bertz CT molecular complexity index is 3020. The van der Waals surface area contributed by atoms with Gasteiger partial charge in [-0.2, -0.15) is 0 Å². The minimum Gasteiger partial charge on any atom is -0.481 e. The van der Waals surface area contributed by atoms with Gasteiger partial charge in [-0.15, -0.1) is 0 Å². The molecule has 4 heterocycles. The minimum absolute atomic E-state index is 0. The van der Waals surface area contributed by atoms with Crippen LogP contribution in [0.15, 0.2) is 84.9 Å². The predicted octanol–water partition coefficient (Wildman–Crippen LogP) is 10.7. The van der Waals surface area contributed by atoms with Crippen LogP contribution in [0, 0.1) is 0 Å². The number of benzene rings is 4. The predicted molar refractivity (Wildman–Crippen MR) is 285 cm³/mol. The molecule has 10 rings (SSSR count). The zero-order valence-electron chi connectivity index (χ0n) is 41.5. The van der Waals surface area contributed by atoms with E-state index < -0.39 is 16.8 Å². The lowest BCUT2D eigenvalue weighted by Crippen LogP contribution is -2.27. The van der Waals surface area contributed by atoms with E-state index in [9.17, 15) is 19.2 Å². The smallest absolute Gasteiger partial charge is 0.303 e. The third-order valence-corrected chi connectivity index (χ3v) is 14.1. The first-order valence-corrected chi connectivity index (χ1v) is 24.7. The highest BCUT2D eigenvalue weighted by molar-refractivity contribution is 6.04. The van der Waals surface area contributed by atoms with Crippen molar-refractivity contribution < 1.29 is 48.3 Å². The highest BCUT2D eigenvalue weighted by Gasteiger charge is 2.53. The number of carboxylic acids is 1. The molecular weight excluding hydrogens is 927 g/mol. The number of nitrogens with zero attached hydrogens (tertiary/aromatic N) is 2. The fourth-order valence-corrected chi connectivity index (χ4v) is 9.93. The molecular formula is C58H73N5O10. The van der Waals surface area contributed by atoms with Crippen LogP contribution in [0.1, 0.15) is 130 Å². The average molecular weight is 1000 g/mol. The molecule has 0 spiro atoms. The van der Waals surface area contributed by atoms with E-state index in [1.807, 2.05) is 72.8 Å². The Kier molecular flexibility index (Phi) is 15.6. The van der Waals surface area contributed by atoms with Gasteiger partial charge in [-0.3, -0.25) is 19.2 Å². The summed E-state index contributed by atoms with van der Waals surface area (Å²) < 4.78 is 26.3. The molecule has 4 aromatic carbocycles. The quantitative estimate of drug-likeness (QED) is 0.0623. The lowest BCUT2D eigenvalue weighted by atomic mass is 9.92. The Balaban J connectivity index is 0.000000209. The van der Waals surface area contributed by atoms with Gasteiger partial charge in [0.25, 0.3) is 0 Å². The fourth-order valence-electron chi connectivity index (χ4n) is 9.93. The molecule has 390 valence electrons. The number of aliphatic hydroxyl groups excluding tert-OH is 1. The van der Waals surface area contributed by atoms with E-state index in [1.165, 1.54) is 5.69 Å². The van der Waals surface area contributed by atoms with Gasteiger partial charge >= 0.3 is 5.97 Å². The molecule has 0 atom stereocenters. The zero-order chi connectivity index (χ0) is 50.3. The van der Waals surface area contributed by atoms with E-state index in [0.717, 1.165) is 81.4 Å². The molecule has 6 aromatic rings. The summed E-state index contributed by atoms with van der Waals surface area (Å²) in [5, 5.41) is 29.0. The molecule has 0 bridgehead atoms. The van der Waals surface area contributed by atoms with Crippen LogP contribution in [0.4, 0.5) is 11.4 Å². The number of carboxylic acid groups (broad SMARTS) is 1. The van der Waals surface area contributed by atoms with Crippen molar-refractivity contribution in [3.8, 4) is 23.0 Å². The molecule has 0 radical (unpaired) electrons. The summed E-state index contributed by atoms with van der Waals surface area (Å²) in [6, 6.07) is 27.8. The first-order chi connectivity index (χ1) is 33.9. The number of hydrogen-bond acceptors (Lipinski definition) is 9. The average Bonchev–Trinajstić information content (AvgIpc) is 4.09. The number of aromatic nitrogens is 2. The first-order valence-electron chi connectivity index (χ1n) is 24.7. The van der Waals surface area contributed by atoms with E-state index in [-0.39, 0.29) is 76.6 Å². The van der Waals surface area contributed by atoms with Crippen LogP contribution in [0.3, 0.4) is 0 Å². The van der Waals surface area contributed by atoms with Gasteiger partial charge in [0.1, 0.15) is 0 Å². The highest BCUT2D eigenvalue weighted by atomic mass is 16.7. The van der Waals surface area contributed by atoms with E-state index in [4.69, 9.17) is 29.2 Å². The number of aliphatic carboxylic acids is 1. The normalized spacial score (nSPS) is 15.3. The van der Waals surface area contributed by atoms with E-state index in [0.29, 0.717) is 49.6 Å². The number of hydrogen-bond donors (Lipinski definition) is 5. The van der Waals surface area contributed by atoms with Gasteiger partial charge in [0.05, 0.1) is 17.4 Å². The van der Waals surface area contributed by atoms with Gasteiger partial charge in [0.2, 0.25) is 31.3 Å². The van der Waals surface area contributed by atoms with Crippen molar-refractivity contribution in [1.29, 1.82) is 0 Å². The van der Waals surface area contributed by atoms with Crippen LogP contribution in [0.5, 0.6) is 23.0 Å². The Labute approximate surface area is 428 Å². The van der Waals surface area contributed by atoms with Crippen LogP contribution < -0.4 is 34.9 Å². The molecule has 0 unspecified atom stereocenters. The maximum absolute atomic E-state index is 13.4. The van der Waals surface area contributed by atoms with E-state index in [1.54, 1.807) is 0 Å². The Morgan fingerprint density at radius 3 is 1.40 bits per heavy atom. The third-order valence-electron chi connectivity index (χ3n) is 14.1. The van der Waals surface area contributed by atoms with Gasteiger partial charge in [-0.05, 0) is 122 Å². The Hall–Kier alpha value is -7.00. The largest absolute Gasteiger partial charge is 0.481 e. The summed E-state index contributed by atoms with van der Waals surface area (Å²) in [5.41, 5.74) is 6.65. The van der Waals surface area contributed by atoms with E-state index in [2.05, 4.69) is 78.8 Å². The fraction of sp³-hybridized carbons (Fsp3) is 0.448. The number of rotatable bonds is 16. The SMILES string of the molecule is C.C.CC(C)(C)c1cc2cc(NC(=O)C3(c4ccc5c(c4)OCO5)CC3)ccc2n1CCCC(=O)NCCO.CC(C)(C)c1cc2cc(NC(=O)C3(c4ccc5c(c4)OCO5)CC3)ccc2n1CCCC(=O)O. The molecule has 2 aromatic heterocycles. The van der Waals surface area contributed by atoms with Gasteiger partial charge in [-0.25, -0.2) is 0 Å². The van der Waals surface area contributed by atoms with Crippen LogP contribution in [0.25, 0.3) is 21.8 Å². The van der Waals surface area contributed by atoms with Crippen molar-refractivity contribution >= 4 is 56.9 Å². The molecule has 2 aliphatic carbocycles. The lowest BCUT2D eigenvalue weighted by Gasteiger charge is -2.22. The van der Waals surface area contributed by atoms with Gasteiger partial charge in [0.15, 0.2) is 23.0 Å². The maximum atomic E-state index is 13.4. The van der Waals surface area contributed by atoms with Crippen molar-refractivity contribution in [3.63, 3.8) is 0 Å².